The Bertz CT molecular complexity index is 609. The number of anilines is 1. The van der Waals surface area contributed by atoms with Crippen molar-refractivity contribution in [3.05, 3.63) is 59.9 Å². The Morgan fingerprint density at radius 3 is 2.61 bits per heavy atom. The number of hydrogen-bond acceptors (Lipinski definition) is 2. The molecular weight excluding hydrogens is 224 g/mol. The number of likely N-dealkylation sites (N-methyl/N-ethyl adjacent to an activating group) is 1. The molecular formula is C15H14N2O. The Labute approximate surface area is 106 Å². The van der Waals surface area contributed by atoms with E-state index in [2.05, 4.69) is 4.98 Å². The number of fused-ring (bicyclic) bond motifs is 1. The summed E-state index contributed by atoms with van der Waals surface area (Å²) in [7, 11) is 1.80. The molecule has 90 valence electrons. The van der Waals surface area contributed by atoms with Crippen molar-refractivity contribution >= 4 is 11.6 Å². The van der Waals surface area contributed by atoms with Gasteiger partial charge in [-0.3, -0.25) is 9.78 Å². The number of rotatable bonds is 1. The van der Waals surface area contributed by atoms with Gasteiger partial charge in [0.2, 0.25) is 5.91 Å². The van der Waals surface area contributed by atoms with Crippen LogP contribution in [0.2, 0.25) is 0 Å². The van der Waals surface area contributed by atoms with Gasteiger partial charge in [0.05, 0.1) is 17.3 Å². The standard InChI is InChI=1S/C15H14N2O/c1-15(11-6-4-3-5-7-11)12-8-9-16-10-13(12)17(2)14(15)18/h3-10H,1-2H3. The van der Waals surface area contributed by atoms with Gasteiger partial charge in [-0.15, -0.1) is 0 Å². The summed E-state index contributed by atoms with van der Waals surface area (Å²) in [5.74, 6) is 0.0942. The minimum absolute atomic E-state index is 0.0942. The molecule has 1 amide bonds. The second-order valence-electron chi connectivity index (χ2n) is 4.75. The van der Waals surface area contributed by atoms with E-state index in [0.717, 1.165) is 16.8 Å². The minimum atomic E-state index is -0.603. The van der Waals surface area contributed by atoms with Crippen LogP contribution in [0.1, 0.15) is 18.1 Å². The summed E-state index contributed by atoms with van der Waals surface area (Å²) in [5, 5.41) is 0. The van der Waals surface area contributed by atoms with Gasteiger partial charge in [-0.05, 0) is 24.1 Å². The number of pyridine rings is 1. The number of benzene rings is 1. The largest absolute Gasteiger partial charge is 0.313 e. The number of hydrogen-bond donors (Lipinski definition) is 0. The van der Waals surface area contributed by atoms with Crippen LogP contribution in [0.25, 0.3) is 0 Å². The highest BCUT2D eigenvalue weighted by Crippen LogP contribution is 2.44. The minimum Gasteiger partial charge on any atom is -0.313 e. The lowest BCUT2D eigenvalue weighted by Crippen LogP contribution is -2.36. The van der Waals surface area contributed by atoms with E-state index in [1.807, 2.05) is 43.3 Å². The van der Waals surface area contributed by atoms with Crippen molar-refractivity contribution < 1.29 is 4.79 Å². The first-order valence-corrected chi connectivity index (χ1v) is 5.94. The first kappa shape index (κ1) is 11.0. The highest BCUT2D eigenvalue weighted by atomic mass is 16.2. The van der Waals surface area contributed by atoms with Crippen LogP contribution in [0.4, 0.5) is 5.69 Å². The molecule has 0 fully saturated rings. The van der Waals surface area contributed by atoms with Gasteiger partial charge in [-0.1, -0.05) is 30.3 Å². The number of aromatic nitrogens is 1. The highest BCUT2D eigenvalue weighted by molar-refractivity contribution is 6.09. The Hall–Kier alpha value is -2.16. The molecule has 2 aromatic rings. The summed E-state index contributed by atoms with van der Waals surface area (Å²) >= 11 is 0. The molecule has 1 atom stereocenters. The van der Waals surface area contributed by atoms with Crippen molar-refractivity contribution in [2.45, 2.75) is 12.3 Å². The zero-order chi connectivity index (χ0) is 12.8. The molecule has 3 nitrogen and oxygen atoms in total. The summed E-state index contributed by atoms with van der Waals surface area (Å²) in [5.41, 5.74) is 2.34. The quantitative estimate of drug-likeness (QED) is 0.764. The van der Waals surface area contributed by atoms with E-state index in [9.17, 15) is 4.79 Å². The predicted molar refractivity (Wildman–Crippen MR) is 70.5 cm³/mol. The number of amides is 1. The molecule has 0 saturated heterocycles. The average molecular weight is 238 g/mol. The Kier molecular flexibility index (Phi) is 2.23. The van der Waals surface area contributed by atoms with Gasteiger partial charge in [0, 0.05) is 13.2 Å². The zero-order valence-corrected chi connectivity index (χ0v) is 10.4. The first-order chi connectivity index (χ1) is 8.65. The van der Waals surface area contributed by atoms with E-state index in [1.165, 1.54) is 0 Å². The average Bonchev–Trinajstić information content (AvgIpc) is 2.64. The fourth-order valence-electron chi connectivity index (χ4n) is 2.69. The fraction of sp³-hybridized carbons (Fsp3) is 0.200. The molecule has 0 aliphatic carbocycles. The lowest BCUT2D eigenvalue weighted by molar-refractivity contribution is -0.121. The molecule has 0 N–H and O–H groups in total. The number of carbonyl (C=O) groups excluding carboxylic acids is 1. The lowest BCUT2D eigenvalue weighted by atomic mass is 9.77. The summed E-state index contributed by atoms with van der Waals surface area (Å²) in [6, 6.07) is 11.8. The molecule has 3 heteroatoms. The second kappa shape index (κ2) is 3.67. The van der Waals surface area contributed by atoms with E-state index in [-0.39, 0.29) is 5.91 Å². The molecule has 0 bridgehead atoms. The monoisotopic (exact) mass is 238 g/mol. The molecule has 2 heterocycles. The number of nitrogens with zero attached hydrogens (tertiary/aromatic N) is 2. The van der Waals surface area contributed by atoms with Gasteiger partial charge in [0.15, 0.2) is 0 Å². The van der Waals surface area contributed by atoms with E-state index in [0.29, 0.717) is 0 Å². The number of carbonyl (C=O) groups is 1. The first-order valence-electron chi connectivity index (χ1n) is 5.94. The van der Waals surface area contributed by atoms with Crippen molar-refractivity contribution in [2.75, 3.05) is 11.9 Å². The van der Waals surface area contributed by atoms with Gasteiger partial charge in [-0.2, -0.15) is 0 Å². The van der Waals surface area contributed by atoms with Crippen molar-refractivity contribution in [3.8, 4) is 0 Å². The van der Waals surface area contributed by atoms with Crippen molar-refractivity contribution in [1.29, 1.82) is 0 Å². The van der Waals surface area contributed by atoms with Gasteiger partial charge in [-0.25, -0.2) is 0 Å². The smallest absolute Gasteiger partial charge is 0.241 e. The van der Waals surface area contributed by atoms with Gasteiger partial charge < -0.3 is 4.90 Å². The third-order valence-electron chi connectivity index (χ3n) is 3.78. The molecule has 1 aliphatic rings. The van der Waals surface area contributed by atoms with Crippen LogP contribution in [0.5, 0.6) is 0 Å². The van der Waals surface area contributed by atoms with E-state index < -0.39 is 5.41 Å². The van der Waals surface area contributed by atoms with Crippen LogP contribution >= 0.6 is 0 Å². The Morgan fingerprint density at radius 1 is 1.17 bits per heavy atom. The molecule has 1 aromatic carbocycles. The van der Waals surface area contributed by atoms with Crippen LogP contribution in [-0.4, -0.2) is 17.9 Å². The van der Waals surface area contributed by atoms with Crippen molar-refractivity contribution in [2.24, 2.45) is 0 Å². The summed E-state index contributed by atoms with van der Waals surface area (Å²) in [6.45, 7) is 1.98. The van der Waals surface area contributed by atoms with Gasteiger partial charge >= 0.3 is 0 Å². The third-order valence-corrected chi connectivity index (χ3v) is 3.78. The molecule has 1 aromatic heterocycles. The molecule has 18 heavy (non-hydrogen) atoms. The van der Waals surface area contributed by atoms with Crippen molar-refractivity contribution in [1.82, 2.24) is 4.98 Å². The topological polar surface area (TPSA) is 33.2 Å². The van der Waals surface area contributed by atoms with Crippen LogP contribution < -0.4 is 4.90 Å². The molecule has 1 unspecified atom stereocenters. The summed E-state index contributed by atoms with van der Waals surface area (Å²) in [4.78, 5) is 18.4. The molecule has 1 aliphatic heterocycles. The maximum absolute atomic E-state index is 12.6. The van der Waals surface area contributed by atoms with E-state index in [4.69, 9.17) is 0 Å². The Morgan fingerprint density at radius 2 is 1.89 bits per heavy atom. The van der Waals surface area contributed by atoms with Crippen LogP contribution in [0.15, 0.2) is 48.8 Å². The lowest BCUT2D eigenvalue weighted by Gasteiger charge is -2.23. The molecule has 0 radical (unpaired) electrons. The summed E-state index contributed by atoms with van der Waals surface area (Å²) in [6.07, 6.45) is 3.49. The van der Waals surface area contributed by atoms with Gasteiger partial charge in [0.1, 0.15) is 0 Å². The van der Waals surface area contributed by atoms with E-state index >= 15 is 0 Å². The van der Waals surface area contributed by atoms with Crippen molar-refractivity contribution in [3.63, 3.8) is 0 Å². The highest BCUT2D eigenvalue weighted by Gasteiger charge is 2.47. The molecule has 0 spiro atoms. The second-order valence-corrected chi connectivity index (χ2v) is 4.75. The fourth-order valence-corrected chi connectivity index (χ4v) is 2.69. The molecule has 0 saturated carbocycles. The van der Waals surface area contributed by atoms with Gasteiger partial charge in [0.25, 0.3) is 0 Å². The maximum atomic E-state index is 12.6. The van der Waals surface area contributed by atoms with Crippen LogP contribution in [0, 0.1) is 0 Å². The maximum Gasteiger partial charge on any atom is 0.241 e. The van der Waals surface area contributed by atoms with E-state index in [1.54, 1.807) is 24.3 Å². The normalized spacial score (nSPS) is 22.1. The summed E-state index contributed by atoms with van der Waals surface area (Å²) < 4.78 is 0. The Balaban J connectivity index is 2.27. The van der Waals surface area contributed by atoms with Crippen LogP contribution in [-0.2, 0) is 10.2 Å². The third kappa shape index (κ3) is 1.24. The SMILES string of the molecule is CN1C(=O)C(C)(c2ccccc2)c2ccncc21. The zero-order valence-electron chi connectivity index (χ0n) is 10.4. The molecule has 3 rings (SSSR count). The van der Waals surface area contributed by atoms with Crippen LogP contribution in [0.3, 0.4) is 0 Å². The predicted octanol–water partition coefficient (Wildman–Crippen LogP) is 2.36.